The van der Waals surface area contributed by atoms with E-state index in [1.54, 1.807) is 17.4 Å². The zero-order valence-electron chi connectivity index (χ0n) is 14.8. The summed E-state index contributed by atoms with van der Waals surface area (Å²) in [6.45, 7) is 2.98. The van der Waals surface area contributed by atoms with Crippen LogP contribution in [-0.2, 0) is 20.9 Å². The van der Waals surface area contributed by atoms with E-state index >= 15 is 0 Å². The number of aliphatic carboxylic acids is 1. The molecule has 142 valence electrons. The number of aromatic nitrogens is 1. The van der Waals surface area contributed by atoms with Crippen LogP contribution >= 0.6 is 11.3 Å². The predicted molar refractivity (Wildman–Crippen MR) is 101 cm³/mol. The largest absolute Gasteiger partial charge is 0.487 e. The number of morpholine rings is 1. The number of thiazole rings is 1. The fraction of sp³-hybridized carbons (Fsp3) is 0.316. The maximum atomic E-state index is 12.3. The van der Waals surface area contributed by atoms with E-state index in [4.69, 9.17) is 14.6 Å². The summed E-state index contributed by atoms with van der Waals surface area (Å²) < 4.78 is 10.9. The van der Waals surface area contributed by atoms with Gasteiger partial charge in [0, 0.05) is 18.0 Å². The first-order valence-electron chi connectivity index (χ1n) is 8.46. The van der Waals surface area contributed by atoms with Crippen molar-refractivity contribution in [3.05, 3.63) is 52.0 Å². The van der Waals surface area contributed by atoms with Crippen molar-refractivity contribution in [2.75, 3.05) is 19.7 Å². The second-order valence-corrected chi connectivity index (χ2v) is 7.10. The SMILES string of the molecule is Cc1nc(COc2cccc(/C=C/C(=O)N3CCOC(C(=O)O)C3)c2)cs1. The van der Waals surface area contributed by atoms with Crippen molar-refractivity contribution in [1.29, 1.82) is 0 Å². The zero-order valence-corrected chi connectivity index (χ0v) is 15.6. The Balaban J connectivity index is 1.58. The number of nitrogens with zero attached hydrogens (tertiary/aromatic N) is 2. The number of aryl methyl sites for hydroxylation is 1. The molecule has 8 heteroatoms. The van der Waals surface area contributed by atoms with Gasteiger partial charge >= 0.3 is 5.97 Å². The monoisotopic (exact) mass is 388 g/mol. The number of carbonyl (C=O) groups is 2. The molecule has 27 heavy (non-hydrogen) atoms. The van der Waals surface area contributed by atoms with E-state index in [0.29, 0.717) is 18.9 Å². The molecule has 0 spiro atoms. The molecule has 0 bridgehead atoms. The molecule has 1 atom stereocenters. The third kappa shape index (κ3) is 5.38. The highest BCUT2D eigenvalue weighted by Crippen LogP contribution is 2.17. The van der Waals surface area contributed by atoms with Gasteiger partial charge in [0.25, 0.3) is 0 Å². The minimum Gasteiger partial charge on any atom is -0.487 e. The lowest BCUT2D eigenvalue weighted by Gasteiger charge is -2.30. The number of rotatable bonds is 6. The smallest absolute Gasteiger partial charge is 0.334 e. The Bertz CT molecular complexity index is 848. The number of hydrogen-bond donors (Lipinski definition) is 1. The topological polar surface area (TPSA) is 89.0 Å². The van der Waals surface area contributed by atoms with Crippen LogP contribution in [0.15, 0.2) is 35.7 Å². The summed E-state index contributed by atoms with van der Waals surface area (Å²) in [5.74, 6) is -0.613. The number of carbonyl (C=O) groups excluding carboxylic acids is 1. The number of carboxylic acids is 1. The van der Waals surface area contributed by atoms with Crippen molar-refractivity contribution >= 4 is 29.3 Å². The summed E-state index contributed by atoms with van der Waals surface area (Å²) in [5, 5.41) is 12.0. The highest BCUT2D eigenvalue weighted by molar-refractivity contribution is 7.09. The molecule has 1 aromatic carbocycles. The highest BCUT2D eigenvalue weighted by Gasteiger charge is 2.27. The summed E-state index contributed by atoms with van der Waals surface area (Å²) in [5.41, 5.74) is 1.70. The van der Waals surface area contributed by atoms with Gasteiger partial charge in [0.15, 0.2) is 6.10 Å². The Labute approximate surface area is 160 Å². The van der Waals surface area contributed by atoms with Gasteiger partial charge in [-0.1, -0.05) is 12.1 Å². The van der Waals surface area contributed by atoms with E-state index in [9.17, 15) is 9.59 Å². The molecular weight excluding hydrogens is 368 g/mol. The molecule has 1 aromatic heterocycles. The maximum absolute atomic E-state index is 12.3. The second kappa shape index (κ2) is 8.79. The van der Waals surface area contributed by atoms with E-state index in [0.717, 1.165) is 16.3 Å². The molecule has 0 saturated carbocycles. The average Bonchev–Trinajstić information content (AvgIpc) is 3.10. The van der Waals surface area contributed by atoms with Gasteiger partial charge in [-0.3, -0.25) is 4.79 Å². The molecule has 3 rings (SSSR count). The van der Waals surface area contributed by atoms with Crippen LogP contribution in [0.1, 0.15) is 16.3 Å². The van der Waals surface area contributed by atoms with Crippen LogP contribution in [0, 0.1) is 6.92 Å². The lowest BCUT2D eigenvalue weighted by molar-refractivity contribution is -0.158. The average molecular weight is 388 g/mol. The third-order valence-electron chi connectivity index (χ3n) is 3.98. The lowest BCUT2D eigenvalue weighted by atomic mass is 10.2. The molecule has 2 heterocycles. The highest BCUT2D eigenvalue weighted by atomic mass is 32.1. The van der Waals surface area contributed by atoms with Crippen LogP contribution in [0.3, 0.4) is 0 Å². The van der Waals surface area contributed by atoms with Crippen LogP contribution in [0.5, 0.6) is 5.75 Å². The molecule has 1 fully saturated rings. The first-order chi connectivity index (χ1) is 13.0. The summed E-state index contributed by atoms with van der Waals surface area (Å²) >= 11 is 1.58. The van der Waals surface area contributed by atoms with E-state index in [1.165, 1.54) is 11.0 Å². The number of hydrogen-bond acceptors (Lipinski definition) is 6. The van der Waals surface area contributed by atoms with Crippen LogP contribution in [0.25, 0.3) is 6.08 Å². The van der Waals surface area contributed by atoms with Gasteiger partial charge in [0.05, 0.1) is 23.9 Å². The minimum absolute atomic E-state index is 0.0503. The third-order valence-corrected chi connectivity index (χ3v) is 4.81. The summed E-state index contributed by atoms with van der Waals surface area (Å²) in [6.07, 6.45) is 2.16. The van der Waals surface area contributed by atoms with E-state index in [1.807, 2.05) is 36.6 Å². The molecule has 1 saturated heterocycles. The van der Waals surface area contributed by atoms with Crippen LogP contribution < -0.4 is 4.74 Å². The van der Waals surface area contributed by atoms with Gasteiger partial charge in [0.1, 0.15) is 12.4 Å². The van der Waals surface area contributed by atoms with Crippen LogP contribution in [0.2, 0.25) is 0 Å². The van der Waals surface area contributed by atoms with Gasteiger partial charge < -0.3 is 19.5 Å². The maximum Gasteiger partial charge on any atom is 0.334 e. The van der Waals surface area contributed by atoms with Crippen LogP contribution in [-0.4, -0.2) is 52.7 Å². The molecule has 0 aliphatic carbocycles. The van der Waals surface area contributed by atoms with Gasteiger partial charge in [-0.2, -0.15) is 0 Å². The molecular formula is C19H20N2O5S. The van der Waals surface area contributed by atoms with Crippen LogP contribution in [0.4, 0.5) is 0 Å². The Morgan fingerprint density at radius 1 is 1.48 bits per heavy atom. The van der Waals surface area contributed by atoms with Gasteiger partial charge in [-0.15, -0.1) is 11.3 Å². The van der Waals surface area contributed by atoms with Gasteiger partial charge in [0.2, 0.25) is 5.91 Å². The normalized spacial score (nSPS) is 17.2. The number of benzene rings is 1. The molecule has 1 aliphatic heterocycles. The minimum atomic E-state index is -1.06. The first-order valence-corrected chi connectivity index (χ1v) is 9.34. The molecule has 1 aliphatic rings. The second-order valence-electron chi connectivity index (χ2n) is 6.03. The summed E-state index contributed by atoms with van der Waals surface area (Å²) in [4.78, 5) is 29.1. The fourth-order valence-corrected chi connectivity index (χ4v) is 3.21. The predicted octanol–water partition coefficient (Wildman–Crippen LogP) is 2.36. The molecule has 0 radical (unpaired) electrons. The van der Waals surface area contributed by atoms with Crippen molar-refractivity contribution < 1.29 is 24.2 Å². The van der Waals surface area contributed by atoms with Crippen molar-refractivity contribution in [2.45, 2.75) is 19.6 Å². The molecule has 1 unspecified atom stereocenters. The van der Waals surface area contributed by atoms with Crippen molar-refractivity contribution in [3.8, 4) is 5.75 Å². The molecule has 1 N–H and O–H groups in total. The first kappa shape index (κ1) is 19.1. The molecule has 7 nitrogen and oxygen atoms in total. The number of ether oxygens (including phenoxy) is 2. The molecule has 2 aromatic rings. The lowest BCUT2D eigenvalue weighted by Crippen LogP contribution is -2.48. The van der Waals surface area contributed by atoms with Crippen molar-refractivity contribution in [2.24, 2.45) is 0 Å². The Kier molecular flexibility index (Phi) is 6.20. The zero-order chi connectivity index (χ0) is 19.2. The van der Waals surface area contributed by atoms with Crippen molar-refractivity contribution in [3.63, 3.8) is 0 Å². The standard InChI is InChI=1S/C19H20N2O5S/c1-13-20-15(12-27-13)11-26-16-4-2-3-14(9-16)5-6-18(22)21-7-8-25-17(10-21)19(23)24/h2-6,9,12,17H,7-8,10-11H2,1H3,(H,23,24)/b6-5+. The van der Waals surface area contributed by atoms with Gasteiger partial charge in [-0.25, -0.2) is 9.78 Å². The number of amides is 1. The van der Waals surface area contributed by atoms with E-state index in [-0.39, 0.29) is 19.1 Å². The fourth-order valence-electron chi connectivity index (χ4n) is 2.61. The van der Waals surface area contributed by atoms with E-state index in [2.05, 4.69) is 4.98 Å². The quantitative estimate of drug-likeness (QED) is 0.764. The summed E-state index contributed by atoms with van der Waals surface area (Å²) in [6, 6.07) is 7.39. The van der Waals surface area contributed by atoms with Gasteiger partial charge in [-0.05, 0) is 30.7 Å². The Hall–Kier alpha value is -2.71. The molecule has 1 amide bonds. The number of carboxylic acid groups (broad SMARTS) is 1. The van der Waals surface area contributed by atoms with E-state index < -0.39 is 12.1 Å². The summed E-state index contributed by atoms with van der Waals surface area (Å²) in [7, 11) is 0. The van der Waals surface area contributed by atoms with Crippen molar-refractivity contribution in [1.82, 2.24) is 9.88 Å². The Morgan fingerprint density at radius 3 is 3.07 bits per heavy atom. The Morgan fingerprint density at radius 2 is 2.33 bits per heavy atom.